The Morgan fingerprint density at radius 2 is 1.15 bits per heavy atom. The number of phosphoric acid groups is 1. The second kappa shape index (κ2) is 34.7. The highest BCUT2D eigenvalue weighted by Crippen LogP contribution is 2.43. The van der Waals surface area contributed by atoms with Crippen molar-refractivity contribution in [1.82, 2.24) is 5.32 Å². The van der Waals surface area contributed by atoms with Crippen LogP contribution in [0, 0.1) is 0 Å². The van der Waals surface area contributed by atoms with Crippen LogP contribution in [0.2, 0.25) is 0 Å². The second-order valence-corrected chi connectivity index (χ2v) is 16.1. The van der Waals surface area contributed by atoms with Crippen molar-refractivity contribution in [3.05, 3.63) is 72.9 Å². The summed E-state index contributed by atoms with van der Waals surface area (Å²) in [5, 5.41) is 13.6. The Labute approximate surface area is 319 Å². The number of carbonyl (C=O) groups excluding carboxylic acids is 1. The fraction of sp³-hybridized carbons (Fsp3) is 0.698. The smallest absolute Gasteiger partial charge is 0.387 e. The molecule has 0 aliphatic carbocycles. The predicted octanol–water partition coefficient (Wildman–Crippen LogP) is 10.9. The number of likely N-dealkylation sites (N-methyl/N-ethyl adjacent to an activating group) is 1. The zero-order valence-electron chi connectivity index (χ0n) is 33.8. The van der Waals surface area contributed by atoms with Crippen molar-refractivity contribution in [2.75, 3.05) is 40.9 Å². The molecule has 0 aromatic carbocycles. The van der Waals surface area contributed by atoms with E-state index < -0.39 is 20.0 Å². The van der Waals surface area contributed by atoms with Gasteiger partial charge in [0.15, 0.2) is 0 Å². The van der Waals surface area contributed by atoms with Crippen molar-refractivity contribution in [2.45, 2.75) is 154 Å². The van der Waals surface area contributed by atoms with Crippen molar-refractivity contribution in [1.29, 1.82) is 0 Å². The van der Waals surface area contributed by atoms with Crippen molar-refractivity contribution in [3.8, 4) is 0 Å². The highest BCUT2D eigenvalue weighted by atomic mass is 31.2. The molecule has 1 amide bonds. The molecule has 0 aliphatic heterocycles. The van der Waals surface area contributed by atoms with Crippen LogP contribution >= 0.6 is 7.82 Å². The standard InChI is InChI=1S/C43H77N2O6P/c1-6-8-10-12-13-14-15-16-17-18-19-20-21-22-23-24-25-26-27-28-29-30-31-33-35-37-43(47)44-41(42(46)36-34-32-11-9-7-2)40-51-52(48,49)50-39-38-45(3,4)5/h8,10,13-14,16-17,19-20,22-23,34,36,41-42,46H,6-7,9,11-12,15,18,21,24-33,35,37-40H2,1-5H3,(H-,44,47,48,49)/p+1/b10-8-,14-13-,17-16-,20-19-,23-22-,36-34+. The highest BCUT2D eigenvalue weighted by Gasteiger charge is 2.27. The summed E-state index contributed by atoms with van der Waals surface area (Å²) >= 11 is 0. The first-order valence-electron chi connectivity index (χ1n) is 20.3. The zero-order valence-corrected chi connectivity index (χ0v) is 34.7. The monoisotopic (exact) mass is 750 g/mol. The number of nitrogens with one attached hydrogen (secondary N) is 1. The van der Waals surface area contributed by atoms with E-state index in [0.717, 1.165) is 83.5 Å². The second-order valence-electron chi connectivity index (χ2n) is 14.6. The Kier molecular flexibility index (Phi) is 33.3. The summed E-state index contributed by atoms with van der Waals surface area (Å²) in [6.07, 6.45) is 45.8. The number of allylic oxidation sites excluding steroid dienone is 11. The van der Waals surface area contributed by atoms with Gasteiger partial charge in [-0.2, -0.15) is 0 Å². The summed E-state index contributed by atoms with van der Waals surface area (Å²) in [4.78, 5) is 22.9. The van der Waals surface area contributed by atoms with Crippen LogP contribution in [0.5, 0.6) is 0 Å². The van der Waals surface area contributed by atoms with Crippen molar-refractivity contribution >= 4 is 13.7 Å². The number of aliphatic hydroxyl groups is 1. The minimum absolute atomic E-state index is 0.0556. The molecule has 52 heavy (non-hydrogen) atoms. The van der Waals surface area contributed by atoms with Gasteiger partial charge in [-0.3, -0.25) is 13.8 Å². The van der Waals surface area contributed by atoms with E-state index in [-0.39, 0.29) is 19.1 Å². The molecule has 3 atom stereocenters. The van der Waals surface area contributed by atoms with Crippen molar-refractivity contribution in [3.63, 3.8) is 0 Å². The average Bonchev–Trinajstić information content (AvgIpc) is 3.09. The Balaban J connectivity index is 4.13. The summed E-state index contributed by atoms with van der Waals surface area (Å²) in [7, 11) is 1.55. The maximum absolute atomic E-state index is 12.7. The van der Waals surface area contributed by atoms with E-state index in [1.807, 2.05) is 27.2 Å². The van der Waals surface area contributed by atoms with Gasteiger partial charge in [0, 0.05) is 6.42 Å². The van der Waals surface area contributed by atoms with Gasteiger partial charge in [-0.25, -0.2) is 4.57 Å². The molecule has 9 heteroatoms. The first kappa shape index (κ1) is 49.9. The van der Waals surface area contributed by atoms with E-state index in [0.29, 0.717) is 17.4 Å². The van der Waals surface area contributed by atoms with E-state index >= 15 is 0 Å². The summed E-state index contributed by atoms with van der Waals surface area (Å²) < 4.78 is 23.3. The Hall–Kier alpha value is -2.06. The number of amides is 1. The largest absolute Gasteiger partial charge is 0.472 e. The third-order valence-electron chi connectivity index (χ3n) is 8.43. The molecule has 0 heterocycles. The van der Waals surface area contributed by atoms with E-state index in [4.69, 9.17) is 9.05 Å². The predicted molar refractivity (Wildman–Crippen MR) is 221 cm³/mol. The van der Waals surface area contributed by atoms with Crippen molar-refractivity contribution < 1.29 is 32.9 Å². The van der Waals surface area contributed by atoms with E-state index in [1.54, 1.807) is 6.08 Å². The third-order valence-corrected chi connectivity index (χ3v) is 9.42. The molecule has 0 aromatic rings. The molecule has 0 rings (SSSR count). The lowest BCUT2D eigenvalue weighted by molar-refractivity contribution is -0.870. The van der Waals surface area contributed by atoms with Gasteiger partial charge in [-0.15, -0.1) is 0 Å². The molecule has 0 radical (unpaired) electrons. The molecule has 0 spiro atoms. The first-order chi connectivity index (χ1) is 25.0. The minimum atomic E-state index is -4.32. The van der Waals surface area contributed by atoms with Gasteiger partial charge in [-0.1, -0.05) is 145 Å². The van der Waals surface area contributed by atoms with Gasteiger partial charge in [0.25, 0.3) is 0 Å². The molecule has 0 bridgehead atoms. The molecule has 0 saturated heterocycles. The maximum atomic E-state index is 12.7. The van der Waals surface area contributed by atoms with Gasteiger partial charge >= 0.3 is 7.82 Å². The van der Waals surface area contributed by atoms with Crippen LogP contribution in [0.3, 0.4) is 0 Å². The van der Waals surface area contributed by atoms with Gasteiger partial charge in [0.2, 0.25) is 5.91 Å². The lowest BCUT2D eigenvalue weighted by atomic mass is 10.1. The van der Waals surface area contributed by atoms with Crippen LogP contribution in [0.4, 0.5) is 0 Å². The summed E-state index contributed by atoms with van der Waals surface area (Å²) in [6.45, 7) is 4.55. The Morgan fingerprint density at radius 3 is 1.69 bits per heavy atom. The lowest BCUT2D eigenvalue weighted by Gasteiger charge is -2.25. The molecule has 0 saturated carbocycles. The van der Waals surface area contributed by atoms with Crippen LogP contribution in [-0.2, 0) is 18.4 Å². The van der Waals surface area contributed by atoms with E-state index in [9.17, 15) is 19.4 Å². The Bertz CT molecular complexity index is 1080. The molecule has 3 unspecified atom stereocenters. The minimum Gasteiger partial charge on any atom is -0.387 e. The number of unbranched alkanes of at least 4 members (excludes halogenated alkanes) is 12. The van der Waals surface area contributed by atoms with Gasteiger partial charge < -0.3 is 19.8 Å². The average molecular weight is 750 g/mol. The number of hydrogen-bond donors (Lipinski definition) is 3. The normalized spacial score (nSPS) is 15.3. The number of nitrogens with zero attached hydrogens (tertiary/aromatic N) is 1. The molecule has 0 fully saturated rings. The van der Waals surface area contributed by atoms with Gasteiger partial charge in [0.05, 0.1) is 39.9 Å². The fourth-order valence-electron chi connectivity index (χ4n) is 5.18. The van der Waals surface area contributed by atoms with Crippen LogP contribution in [0.25, 0.3) is 0 Å². The number of quaternary nitrogens is 1. The molecule has 300 valence electrons. The van der Waals surface area contributed by atoms with E-state index in [1.165, 1.54) is 38.5 Å². The first-order valence-corrected chi connectivity index (χ1v) is 21.8. The Morgan fingerprint density at radius 1 is 0.673 bits per heavy atom. The van der Waals surface area contributed by atoms with Gasteiger partial charge in [0.1, 0.15) is 13.2 Å². The molecule has 3 N–H and O–H groups in total. The van der Waals surface area contributed by atoms with Crippen LogP contribution in [-0.4, -0.2) is 73.4 Å². The molecular formula is C43H78N2O6P+. The van der Waals surface area contributed by atoms with Gasteiger partial charge in [-0.05, 0) is 64.2 Å². The fourth-order valence-corrected chi connectivity index (χ4v) is 5.92. The topological polar surface area (TPSA) is 105 Å². The zero-order chi connectivity index (χ0) is 38.6. The van der Waals surface area contributed by atoms with Crippen molar-refractivity contribution in [2.24, 2.45) is 0 Å². The quantitative estimate of drug-likeness (QED) is 0.0258. The number of hydrogen-bond acceptors (Lipinski definition) is 5. The van der Waals surface area contributed by atoms with E-state index in [2.05, 4.69) is 79.9 Å². The summed E-state index contributed by atoms with van der Waals surface area (Å²) in [5.74, 6) is -0.196. The SMILES string of the molecule is CC/C=C\C/C=C\C/C=C\C/C=C\C/C=C\CCCCCCCCCCCC(=O)NC(COP(=O)(O)OCC[N+](C)(C)C)C(O)/C=C/CCCCC. The third kappa shape index (κ3) is 36.3. The number of aliphatic hydroxyl groups excluding tert-OH is 1. The molecule has 0 aliphatic rings. The summed E-state index contributed by atoms with van der Waals surface area (Å²) in [6, 6.07) is -0.849. The van der Waals surface area contributed by atoms with Crippen LogP contribution in [0.1, 0.15) is 142 Å². The summed E-state index contributed by atoms with van der Waals surface area (Å²) in [5.41, 5.74) is 0. The maximum Gasteiger partial charge on any atom is 0.472 e. The van der Waals surface area contributed by atoms with Crippen LogP contribution < -0.4 is 5.32 Å². The number of rotatable bonds is 35. The molecule has 0 aromatic heterocycles. The highest BCUT2D eigenvalue weighted by molar-refractivity contribution is 7.47. The molecular weight excluding hydrogens is 671 g/mol. The lowest BCUT2D eigenvalue weighted by Crippen LogP contribution is -2.45. The molecule has 8 nitrogen and oxygen atoms in total. The number of phosphoric ester groups is 1. The number of carbonyl (C=O) groups is 1. The van der Waals surface area contributed by atoms with Crippen LogP contribution in [0.15, 0.2) is 72.9 Å².